The summed E-state index contributed by atoms with van der Waals surface area (Å²) in [5.41, 5.74) is 1.27. The van der Waals surface area contributed by atoms with E-state index in [9.17, 15) is 10.1 Å². The molecule has 7 heteroatoms. The fourth-order valence-corrected chi connectivity index (χ4v) is 2.05. The maximum Gasteiger partial charge on any atom is 0.292 e. The van der Waals surface area contributed by atoms with Gasteiger partial charge in [0, 0.05) is 19.2 Å². The van der Waals surface area contributed by atoms with Crippen molar-refractivity contribution in [1.82, 2.24) is 0 Å². The van der Waals surface area contributed by atoms with Crippen LogP contribution in [0.1, 0.15) is 5.56 Å². The van der Waals surface area contributed by atoms with Gasteiger partial charge in [-0.1, -0.05) is 23.2 Å². The zero-order chi connectivity index (χ0) is 15.4. The van der Waals surface area contributed by atoms with Crippen molar-refractivity contribution in [2.45, 2.75) is 6.61 Å². The van der Waals surface area contributed by atoms with E-state index in [1.807, 2.05) is 0 Å². The van der Waals surface area contributed by atoms with Crippen molar-refractivity contribution in [3.8, 4) is 5.75 Å². The van der Waals surface area contributed by atoms with Gasteiger partial charge < -0.3 is 10.1 Å². The molecule has 0 aliphatic rings. The van der Waals surface area contributed by atoms with Gasteiger partial charge in [0.2, 0.25) is 0 Å². The van der Waals surface area contributed by atoms with E-state index in [1.54, 1.807) is 37.4 Å². The fourth-order valence-electron chi connectivity index (χ4n) is 1.77. The van der Waals surface area contributed by atoms with Crippen molar-refractivity contribution < 1.29 is 9.66 Å². The lowest BCUT2D eigenvalue weighted by Gasteiger charge is -2.09. The number of ether oxygens (including phenoxy) is 1. The number of nitro benzene ring substituents is 1. The molecule has 0 atom stereocenters. The first-order valence-electron chi connectivity index (χ1n) is 6.04. The van der Waals surface area contributed by atoms with Gasteiger partial charge in [-0.25, -0.2) is 0 Å². The molecule has 110 valence electrons. The minimum Gasteiger partial charge on any atom is -0.489 e. The highest BCUT2D eigenvalue weighted by Gasteiger charge is 2.13. The van der Waals surface area contributed by atoms with Crippen LogP contribution in [0.2, 0.25) is 10.0 Å². The maximum absolute atomic E-state index is 10.8. The molecule has 0 unspecified atom stereocenters. The van der Waals surface area contributed by atoms with Crippen LogP contribution in [0.3, 0.4) is 0 Å². The van der Waals surface area contributed by atoms with Gasteiger partial charge in [0.1, 0.15) is 18.0 Å². The van der Waals surface area contributed by atoms with E-state index in [2.05, 4.69) is 5.32 Å². The van der Waals surface area contributed by atoms with Crippen LogP contribution in [0.4, 0.5) is 11.4 Å². The number of benzene rings is 2. The smallest absolute Gasteiger partial charge is 0.292 e. The van der Waals surface area contributed by atoms with Gasteiger partial charge in [-0.2, -0.15) is 0 Å². The summed E-state index contributed by atoms with van der Waals surface area (Å²) in [4.78, 5) is 10.4. The van der Waals surface area contributed by atoms with Crippen LogP contribution in [-0.2, 0) is 6.61 Å². The third-order valence-electron chi connectivity index (χ3n) is 2.82. The van der Waals surface area contributed by atoms with Crippen LogP contribution < -0.4 is 10.1 Å². The van der Waals surface area contributed by atoms with Crippen LogP contribution >= 0.6 is 23.2 Å². The predicted octanol–water partition coefficient (Wildman–Crippen LogP) is 4.52. The lowest BCUT2D eigenvalue weighted by molar-refractivity contribution is -0.384. The number of hydrogen-bond donors (Lipinski definition) is 1. The highest BCUT2D eigenvalue weighted by Crippen LogP contribution is 2.28. The Hall–Kier alpha value is -1.98. The molecule has 0 saturated heterocycles. The first kappa shape index (κ1) is 15.4. The predicted molar refractivity (Wildman–Crippen MR) is 83.4 cm³/mol. The molecule has 0 amide bonds. The largest absolute Gasteiger partial charge is 0.489 e. The van der Waals surface area contributed by atoms with E-state index in [1.165, 1.54) is 6.07 Å². The van der Waals surface area contributed by atoms with Crippen LogP contribution in [0.5, 0.6) is 5.75 Å². The molecule has 0 saturated carbocycles. The second kappa shape index (κ2) is 6.65. The van der Waals surface area contributed by atoms with E-state index in [0.29, 0.717) is 21.5 Å². The molecule has 2 aromatic carbocycles. The lowest BCUT2D eigenvalue weighted by Crippen LogP contribution is -2.00. The summed E-state index contributed by atoms with van der Waals surface area (Å²) < 4.78 is 5.59. The minimum atomic E-state index is -0.435. The number of anilines is 1. The summed E-state index contributed by atoms with van der Waals surface area (Å²) >= 11 is 11.7. The molecule has 5 nitrogen and oxygen atoms in total. The Bertz CT molecular complexity index is 677. The molecular formula is C14H12Cl2N2O3. The summed E-state index contributed by atoms with van der Waals surface area (Å²) in [6.07, 6.45) is 0. The van der Waals surface area contributed by atoms with Gasteiger partial charge in [-0.15, -0.1) is 0 Å². The summed E-state index contributed by atoms with van der Waals surface area (Å²) in [5.74, 6) is 0.578. The molecule has 0 aliphatic carbocycles. The molecule has 0 bridgehead atoms. The SMILES string of the molecule is CNc1cc(COc2ccc(Cl)c(Cl)c2)ccc1[N+](=O)[O-]. The first-order chi connectivity index (χ1) is 10.0. The van der Waals surface area contributed by atoms with Crippen molar-refractivity contribution in [2.75, 3.05) is 12.4 Å². The van der Waals surface area contributed by atoms with E-state index in [4.69, 9.17) is 27.9 Å². The number of nitrogens with zero attached hydrogens (tertiary/aromatic N) is 1. The van der Waals surface area contributed by atoms with Crippen LogP contribution in [0.15, 0.2) is 36.4 Å². The zero-order valence-electron chi connectivity index (χ0n) is 11.1. The molecule has 0 radical (unpaired) electrons. The normalized spacial score (nSPS) is 10.2. The molecule has 21 heavy (non-hydrogen) atoms. The molecule has 0 aliphatic heterocycles. The molecule has 0 fully saturated rings. The molecule has 1 N–H and O–H groups in total. The van der Waals surface area contributed by atoms with Crippen molar-refractivity contribution >= 4 is 34.6 Å². The zero-order valence-corrected chi connectivity index (χ0v) is 12.6. The van der Waals surface area contributed by atoms with Crippen LogP contribution in [0.25, 0.3) is 0 Å². The van der Waals surface area contributed by atoms with Gasteiger partial charge in [0.05, 0.1) is 15.0 Å². The maximum atomic E-state index is 10.8. The summed E-state index contributed by atoms with van der Waals surface area (Å²) in [6.45, 7) is 0.268. The number of nitro groups is 1. The Morgan fingerprint density at radius 3 is 2.57 bits per heavy atom. The van der Waals surface area contributed by atoms with E-state index < -0.39 is 4.92 Å². The van der Waals surface area contributed by atoms with Gasteiger partial charge in [0.25, 0.3) is 5.69 Å². The molecule has 0 aromatic heterocycles. The summed E-state index contributed by atoms with van der Waals surface area (Å²) in [7, 11) is 1.63. The second-order valence-electron chi connectivity index (χ2n) is 4.22. The molecule has 0 spiro atoms. The number of nitrogens with one attached hydrogen (secondary N) is 1. The average Bonchev–Trinajstić information content (AvgIpc) is 2.48. The highest BCUT2D eigenvalue weighted by molar-refractivity contribution is 6.42. The van der Waals surface area contributed by atoms with Crippen molar-refractivity contribution in [1.29, 1.82) is 0 Å². The third kappa shape index (κ3) is 3.77. The molecular weight excluding hydrogens is 315 g/mol. The van der Waals surface area contributed by atoms with E-state index in [0.717, 1.165) is 5.56 Å². The minimum absolute atomic E-state index is 0.0239. The molecule has 2 aromatic rings. The number of rotatable bonds is 5. The lowest BCUT2D eigenvalue weighted by atomic mass is 10.2. The average molecular weight is 327 g/mol. The topological polar surface area (TPSA) is 64.4 Å². The van der Waals surface area contributed by atoms with E-state index >= 15 is 0 Å². The number of hydrogen-bond acceptors (Lipinski definition) is 4. The Balaban J connectivity index is 2.13. The van der Waals surface area contributed by atoms with Gasteiger partial charge in [-0.05, 0) is 29.8 Å². The van der Waals surface area contributed by atoms with E-state index in [-0.39, 0.29) is 12.3 Å². The Morgan fingerprint density at radius 1 is 1.19 bits per heavy atom. The highest BCUT2D eigenvalue weighted by atomic mass is 35.5. The Kier molecular flexibility index (Phi) is 4.88. The van der Waals surface area contributed by atoms with Gasteiger partial charge in [-0.3, -0.25) is 10.1 Å². The van der Waals surface area contributed by atoms with Crippen LogP contribution in [0, 0.1) is 10.1 Å². The Labute approximate surface area is 131 Å². The van der Waals surface area contributed by atoms with Gasteiger partial charge >= 0.3 is 0 Å². The van der Waals surface area contributed by atoms with Crippen LogP contribution in [-0.4, -0.2) is 12.0 Å². The fraction of sp³-hybridized carbons (Fsp3) is 0.143. The first-order valence-corrected chi connectivity index (χ1v) is 6.80. The van der Waals surface area contributed by atoms with Gasteiger partial charge in [0.15, 0.2) is 0 Å². The molecule has 2 rings (SSSR count). The third-order valence-corrected chi connectivity index (χ3v) is 3.56. The summed E-state index contributed by atoms with van der Waals surface area (Å²) in [6, 6.07) is 9.74. The quantitative estimate of drug-likeness (QED) is 0.648. The second-order valence-corrected chi connectivity index (χ2v) is 5.04. The monoisotopic (exact) mass is 326 g/mol. The Morgan fingerprint density at radius 2 is 1.95 bits per heavy atom. The summed E-state index contributed by atoms with van der Waals surface area (Å²) in [5, 5.41) is 14.5. The van der Waals surface area contributed by atoms with Crippen molar-refractivity contribution in [3.63, 3.8) is 0 Å². The van der Waals surface area contributed by atoms with Crippen molar-refractivity contribution in [3.05, 3.63) is 62.1 Å². The number of halogens is 2. The standard InChI is InChI=1S/C14H12Cl2N2O3/c1-17-13-6-9(2-5-14(13)18(19)20)8-21-10-3-4-11(15)12(16)7-10/h2-7,17H,8H2,1H3. The molecule has 0 heterocycles. The van der Waals surface area contributed by atoms with Crippen molar-refractivity contribution in [2.24, 2.45) is 0 Å².